The highest BCUT2D eigenvalue weighted by molar-refractivity contribution is 7.89. The quantitative estimate of drug-likeness (QED) is 0.724. The van der Waals surface area contributed by atoms with Crippen LogP contribution in [0.3, 0.4) is 0 Å². The summed E-state index contributed by atoms with van der Waals surface area (Å²) in [5, 5.41) is 3.02. The predicted octanol–water partition coefficient (Wildman–Crippen LogP) is 3.63. The molecule has 162 valence electrons. The van der Waals surface area contributed by atoms with Crippen molar-refractivity contribution in [1.82, 2.24) is 9.21 Å². The van der Waals surface area contributed by atoms with E-state index < -0.39 is 10.0 Å². The normalized spacial score (nSPS) is 16.1. The second-order valence-electron chi connectivity index (χ2n) is 7.58. The van der Waals surface area contributed by atoms with Gasteiger partial charge in [-0.25, -0.2) is 12.8 Å². The Labute approximate surface area is 177 Å². The van der Waals surface area contributed by atoms with Gasteiger partial charge in [-0.1, -0.05) is 24.6 Å². The number of hydrogen-bond donors (Lipinski definition) is 1. The number of carbonyl (C=O) groups is 1. The molecule has 1 unspecified atom stereocenters. The number of halogens is 1. The van der Waals surface area contributed by atoms with Gasteiger partial charge in [-0.3, -0.25) is 4.79 Å². The number of anilines is 1. The Balaban J connectivity index is 1.63. The van der Waals surface area contributed by atoms with Crippen molar-refractivity contribution in [3.63, 3.8) is 0 Å². The van der Waals surface area contributed by atoms with Crippen molar-refractivity contribution in [2.24, 2.45) is 0 Å². The van der Waals surface area contributed by atoms with Gasteiger partial charge in [-0.15, -0.1) is 0 Å². The number of sulfonamides is 1. The Morgan fingerprint density at radius 1 is 1.13 bits per heavy atom. The molecule has 6 nitrogen and oxygen atoms in total. The number of hydrogen-bond acceptors (Lipinski definition) is 4. The molecule has 1 fully saturated rings. The third-order valence-electron chi connectivity index (χ3n) is 5.56. The SMILES string of the molecule is CC(c1ccc(F)cc1)N(C)C(=O)CNc1cccc(S(=O)(=O)N2CCCCC2)c1. The van der Waals surface area contributed by atoms with Gasteiger partial charge in [0.2, 0.25) is 15.9 Å². The monoisotopic (exact) mass is 433 g/mol. The summed E-state index contributed by atoms with van der Waals surface area (Å²) in [5.74, 6) is -0.475. The fraction of sp³-hybridized carbons (Fsp3) is 0.409. The van der Waals surface area contributed by atoms with Crippen molar-refractivity contribution < 1.29 is 17.6 Å². The van der Waals surface area contributed by atoms with E-state index in [-0.39, 0.29) is 29.2 Å². The van der Waals surface area contributed by atoms with Crippen molar-refractivity contribution in [3.05, 3.63) is 59.9 Å². The van der Waals surface area contributed by atoms with Gasteiger partial charge < -0.3 is 10.2 Å². The molecule has 0 bridgehead atoms. The zero-order chi connectivity index (χ0) is 21.7. The Bertz CT molecular complexity index is 973. The molecule has 1 aliphatic rings. The van der Waals surface area contributed by atoms with Crippen LogP contribution in [-0.2, 0) is 14.8 Å². The van der Waals surface area contributed by atoms with Crippen LogP contribution in [0.1, 0.15) is 37.8 Å². The van der Waals surface area contributed by atoms with E-state index in [1.54, 1.807) is 48.3 Å². The van der Waals surface area contributed by atoms with Crippen LogP contribution >= 0.6 is 0 Å². The summed E-state index contributed by atoms with van der Waals surface area (Å²) >= 11 is 0. The van der Waals surface area contributed by atoms with E-state index in [9.17, 15) is 17.6 Å². The molecule has 2 aromatic carbocycles. The molecule has 0 radical (unpaired) electrons. The minimum Gasteiger partial charge on any atom is -0.376 e. The molecule has 30 heavy (non-hydrogen) atoms. The van der Waals surface area contributed by atoms with E-state index in [2.05, 4.69) is 5.32 Å². The van der Waals surface area contributed by atoms with Gasteiger partial charge in [0, 0.05) is 25.8 Å². The standard InChI is InChI=1S/C22H28FN3O3S/c1-17(18-9-11-19(23)12-10-18)25(2)22(27)16-24-20-7-6-8-21(15-20)30(28,29)26-13-4-3-5-14-26/h6-12,15,17,24H,3-5,13-14,16H2,1-2H3. The minimum absolute atomic E-state index is 0.0231. The third kappa shape index (κ3) is 5.17. The Hall–Kier alpha value is -2.45. The highest BCUT2D eigenvalue weighted by Gasteiger charge is 2.26. The number of benzene rings is 2. The summed E-state index contributed by atoms with van der Waals surface area (Å²) in [6.07, 6.45) is 2.81. The Morgan fingerprint density at radius 3 is 2.47 bits per heavy atom. The summed E-state index contributed by atoms with van der Waals surface area (Å²) in [7, 11) is -1.84. The fourth-order valence-corrected chi connectivity index (χ4v) is 5.07. The van der Waals surface area contributed by atoms with Crippen LogP contribution in [-0.4, -0.2) is 50.2 Å². The van der Waals surface area contributed by atoms with Crippen LogP contribution in [0.25, 0.3) is 0 Å². The number of nitrogens with one attached hydrogen (secondary N) is 1. The van der Waals surface area contributed by atoms with E-state index in [0.29, 0.717) is 18.8 Å². The van der Waals surface area contributed by atoms with Crippen LogP contribution < -0.4 is 5.32 Å². The molecular formula is C22H28FN3O3S. The Kier molecular flexibility index (Phi) is 7.10. The van der Waals surface area contributed by atoms with E-state index in [1.807, 2.05) is 6.92 Å². The first-order valence-corrected chi connectivity index (χ1v) is 11.6. The number of rotatable bonds is 7. The maximum absolute atomic E-state index is 13.1. The summed E-state index contributed by atoms with van der Waals surface area (Å²) in [6, 6.07) is 12.4. The fourth-order valence-electron chi connectivity index (χ4n) is 3.50. The van der Waals surface area contributed by atoms with Gasteiger partial charge in [-0.05, 0) is 55.7 Å². The Morgan fingerprint density at radius 2 is 1.80 bits per heavy atom. The largest absolute Gasteiger partial charge is 0.376 e. The van der Waals surface area contributed by atoms with Crippen molar-refractivity contribution in [2.45, 2.75) is 37.1 Å². The lowest BCUT2D eigenvalue weighted by Gasteiger charge is -2.26. The van der Waals surface area contributed by atoms with E-state index in [0.717, 1.165) is 24.8 Å². The summed E-state index contributed by atoms with van der Waals surface area (Å²) in [4.78, 5) is 14.4. The second-order valence-corrected chi connectivity index (χ2v) is 9.52. The van der Waals surface area contributed by atoms with Crippen molar-refractivity contribution in [1.29, 1.82) is 0 Å². The van der Waals surface area contributed by atoms with Gasteiger partial charge in [-0.2, -0.15) is 4.31 Å². The first-order chi connectivity index (χ1) is 14.3. The average Bonchev–Trinajstić information content (AvgIpc) is 2.77. The third-order valence-corrected chi connectivity index (χ3v) is 7.45. The van der Waals surface area contributed by atoms with Crippen molar-refractivity contribution in [3.8, 4) is 0 Å². The van der Waals surface area contributed by atoms with Crippen LogP contribution in [0.2, 0.25) is 0 Å². The highest BCUT2D eigenvalue weighted by Crippen LogP contribution is 2.23. The summed E-state index contributed by atoms with van der Waals surface area (Å²) in [5.41, 5.74) is 1.41. The van der Waals surface area contributed by atoms with Crippen molar-refractivity contribution in [2.75, 3.05) is 32.0 Å². The molecule has 3 rings (SSSR count). The predicted molar refractivity (Wildman–Crippen MR) is 115 cm³/mol. The van der Waals surface area contributed by atoms with E-state index >= 15 is 0 Å². The molecule has 0 saturated carbocycles. The smallest absolute Gasteiger partial charge is 0.243 e. The maximum atomic E-state index is 13.1. The number of nitrogens with zero attached hydrogens (tertiary/aromatic N) is 2. The number of likely N-dealkylation sites (N-methyl/N-ethyl adjacent to an activating group) is 1. The molecule has 1 aliphatic heterocycles. The van der Waals surface area contributed by atoms with Gasteiger partial charge in [0.15, 0.2) is 0 Å². The lowest BCUT2D eigenvalue weighted by Crippen LogP contribution is -2.35. The van der Waals surface area contributed by atoms with E-state index in [4.69, 9.17) is 0 Å². The van der Waals surface area contributed by atoms with Crippen LogP contribution in [0, 0.1) is 5.82 Å². The molecule has 8 heteroatoms. The lowest BCUT2D eigenvalue weighted by atomic mass is 10.1. The van der Waals surface area contributed by atoms with Crippen LogP contribution in [0.5, 0.6) is 0 Å². The number of amides is 1. The number of carbonyl (C=O) groups excluding carboxylic acids is 1. The second kappa shape index (κ2) is 9.57. The zero-order valence-electron chi connectivity index (χ0n) is 17.3. The molecule has 2 aromatic rings. The molecule has 0 aliphatic carbocycles. The summed E-state index contributed by atoms with van der Waals surface area (Å²) in [6.45, 7) is 2.99. The van der Waals surface area contributed by atoms with Crippen molar-refractivity contribution >= 4 is 21.6 Å². The lowest BCUT2D eigenvalue weighted by molar-refractivity contribution is -0.129. The molecular weight excluding hydrogens is 405 g/mol. The summed E-state index contributed by atoms with van der Waals surface area (Å²) < 4.78 is 40.3. The molecule has 0 aromatic heterocycles. The molecule has 1 heterocycles. The molecule has 0 spiro atoms. The first kappa shape index (κ1) is 22.2. The highest BCUT2D eigenvalue weighted by atomic mass is 32.2. The van der Waals surface area contributed by atoms with Gasteiger partial charge >= 0.3 is 0 Å². The zero-order valence-corrected chi connectivity index (χ0v) is 18.2. The van der Waals surface area contributed by atoms with E-state index in [1.165, 1.54) is 16.4 Å². The van der Waals surface area contributed by atoms with Gasteiger partial charge in [0.1, 0.15) is 5.82 Å². The number of piperidine rings is 1. The molecule has 1 atom stereocenters. The molecule has 1 amide bonds. The topological polar surface area (TPSA) is 69.7 Å². The first-order valence-electron chi connectivity index (χ1n) is 10.1. The molecule has 1 N–H and O–H groups in total. The van der Waals surface area contributed by atoms with Crippen LogP contribution in [0.4, 0.5) is 10.1 Å². The molecule has 1 saturated heterocycles. The maximum Gasteiger partial charge on any atom is 0.243 e. The van der Waals surface area contributed by atoms with Gasteiger partial charge in [0.05, 0.1) is 17.5 Å². The average molecular weight is 434 g/mol. The van der Waals surface area contributed by atoms with Gasteiger partial charge in [0.25, 0.3) is 0 Å². The van der Waals surface area contributed by atoms with Crippen LogP contribution in [0.15, 0.2) is 53.4 Å². The minimum atomic E-state index is -3.53.